The SMILES string of the molecule is CC.COc1cc2c(c(-c3c(O)ccc4c3CCCC4)c1OC)CCCC2. The Balaban J connectivity index is 0.00000102. The van der Waals surface area contributed by atoms with Crippen LogP contribution in [0.3, 0.4) is 0 Å². The fourth-order valence-electron chi connectivity index (χ4n) is 4.57. The van der Waals surface area contributed by atoms with Crippen LogP contribution in [0.2, 0.25) is 0 Å². The van der Waals surface area contributed by atoms with Crippen molar-refractivity contribution in [2.75, 3.05) is 14.2 Å². The van der Waals surface area contributed by atoms with Gasteiger partial charge in [0.1, 0.15) is 5.75 Å². The topological polar surface area (TPSA) is 38.7 Å². The van der Waals surface area contributed by atoms with Crippen LogP contribution in [0.25, 0.3) is 11.1 Å². The first kappa shape index (κ1) is 19.6. The number of aromatic hydroxyl groups is 1. The van der Waals surface area contributed by atoms with Crippen molar-refractivity contribution in [1.29, 1.82) is 0 Å². The van der Waals surface area contributed by atoms with Crippen LogP contribution < -0.4 is 9.47 Å². The molecule has 0 heterocycles. The zero-order valence-electron chi connectivity index (χ0n) is 17.2. The number of benzene rings is 2. The summed E-state index contributed by atoms with van der Waals surface area (Å²) in [6, 6.07) is 6.07. The van der Waals surface area contributed by atoms with Crippen LogP contribution in [0.4, 0.5) is 0 Å². The molecule has 0 fully saturated rings. The highest BCUT2D eigenvalue weighted by molar-refractivity contribution is 5.85. The molecule has 0 aromatic heterocycles. The van der Waals surface area contributed by atoms with Gasteiger partial charge < -0.3 is 14.6 Å². The van der Waals surface area contributed by atoms with E-state index >= 15 is 0 Å². The predicted octanol–water partition coefficient (Wildman–Crippen LogP) is 5.86. The van der Waals surface area contributed by atoms with Crippen LogP contribution in [0, 0.1) is 0 Å². The van der Waals surface area contributed by atoms with E-state index < -0.39 is 0 Å². The van der Waals surface area contributed by atoms with Crippen molar-refractivity contribution in [2.24, 2.45) is 0 Å². The summed E-state index contributed by atoms with van der Waals surface area (Å²) in [5.74, 6) is 1.89. The van der Waals surface area contributed by atoms with Gasteiger partial charge in [0.2, 0.25) is 0 Å². The van der Waals surface area contributed by atoms with Gasteiger partial charge in [-0.25, -0.2) is 0 Å². The number of hydrogen-bond donors (Lipinski definition) is 1. The zero-order valence-corrected chi connectivity index (χ0v) is 17.2. The van der Waals surface area contributed by atoms with Crippen molar-refractivity contribution in [1.82, 2.24) is 0 Å². The highest BCUT2D eigenvalue weighted by Crippen LogP contribution is 2.49. The molecular formula is C24H32O3. The fourth-order valence-corrected chi connectivity index (χ4v) is 4.57. The van der Waals surface area contributed by atoms with Gasteiger partial charge in [0.25, 0.3) is 0 Å². The van der Waals surface area contributed by atoms with Gasteiger partial charge in [-0.2, -0.15) is 0 Å². The third kappa shape index (κ3) is 3.52. The minimum atomic E-state index is 0.361. The van der Waals surface area contributed by atoms with Crippen molar-refractivity contribution in [3.05, 3.63) is 40.5 Å². The fraction of sp³-hybridized carbons (Fsp3) is 0.500. The molecule has 2 aliphatic carbocycles. The Labute approximate surface area is 163 Å². The van der Waals surface area contributed by atoms with Crippen molar-refractivity contribution < 1.29 is 14.6 Å². The molecule has 0 unspecified atom stereocenters. The highest BCUT2D eigenvalue weighted by Gasteiger charge is 2.27. The number of methoxy groups -OCH3 is 2. The lowest BCUT2D eigenvalue weighted by Gasteiger charge is -2.27. The van der Waals surface area contributed by atoms with Gasteiger partial charge in [-0.05, 0) is 85.8 Å². The second-order valence-corrected chi connectivity index (χ2v) is 7.14. The van der Waals surface area contributed by atoms with Gasteiger partial charge in [-0.3, -0.25) is 0 Å². The minimum Gasteiger partial charge on any atom is -0.507 e. The number of fused-ring (bicyclic) bond motifs is 2. The molecule has 0 atom stereocenters. The summed E-state index contributed by atoms with van der Waals surface area (Å²) in [4.78, 5) is 0. The second-order valence-electron chi connectivity index (χ2n) is 7.14. The smallest absolute Gasteiger partial charge is 0.168 e. The van der Waals surface area contributed by atoms with Crippen molar-refractivity contribution in [2.45, 2.75) is 65.2 Å². The molecule has 0 spiro atoms. The molecule has 3 nitrogen and oxygen atoms in total. The Bertz CT molecular complexity index is 794. The molecule has 146 valence electrons. The minimum absolute atomic E-state index is 0.361. The lowest BCUT2D eigenvalue weighted by molar-refractivity contribution is 0.354. The molecule has 4 rings (SSSR count). The average molecular weight is 369 g/mol. The van der Waals surface area contributed by atoms with E-state index in [0.717, 1.165) is 48.3 Å². The lowest BCUT2D eigenvalue weighted by Crippen LogP contribution is -2.10. The number of rotatable bonds is 3. The predicted molar refractivity (Wildman–Crippen MR) is 111 cm³/mol. The number of hydrogen-bond acceptors (Lipinski definition) is 3. The van der Waals surface area contributed by atoms with Crippen molar-refractivity contribution in [3.63, 3.8) is 0 Å². The molecule has 3 heteroatoms. The van der Waals surface area contributed by atoms with Gasteiger partial charge in [-0.15, -0.1) is 0 Å². The van der Waals surface area contributed by atoms with Crippen LogP contribution in [0.1, 0.15) is 61.8 Å². The Kier molecular flexibility index (Phi) is 6.30. The Hall–Kier alpha value is -2.16. The van der Waals surface area contributed by atoms with Crippen molar-refractivity contribution >= 4 is 0 Å². The van der Waals surface area contributed by atoms with E-state index in [2.05, 4.69) is 12.1 Å². The molecule has 27 heavy (non-hydrogen) atoms. The highest BCUT2D eigenvalue weighted by atomic mass is 16.5. The molecule has 0 bridgehead atoms. The molecule has 2 aliphatic rings. The van der Waals surface area contributed by atoms with E-state index in [0.29, 0.717) is 5.75 Å². The third-order valence-electron chi connectivity index (χ3n) is 5.75. The molecule has 0 radical (unpaired) electrons. The van der Waals surface area contributed by atoms with E-state index in [1.165, 1.54) is 47.9 Å². The van der Waals surface area contributed by atoms with E-state index in [1.807, 2.05) is 19.9 Å². The maximum atomic E-state index is 10.8. The molecule has 0 saturated heterocycles. The first-order valence-corrected chi connectivity index (χ1v) is 10.4. The number of phenols is 1. The molecule has 0 saturated carbocycles. The van der Waals surface area contributed by atoms with Gasteiger partial charge in [0.05, 0.1) is 14.2 Å². The zero-order chi connectivity index (χ0) is 19.4. The summed E-state index contributed by atoms with van der Waals surface area (Å²) >= 11 is 0. The van der Waals surface area contributed by atoms with E-state index in [9.17, 15) is 5.11 Å². The monoisotopic (exact) mass is 368 g/mol. The molecule has 0 amide bonds. The summed E-state index contributed by atoms with van der Waals surface area (Å²) in [5.41, 5.74) is 7.38. The third-order valence-corrected chi connectivity index (χ3v) is 5.75. The van der Waals surface area contributed by atoms with Crippen LogP contribution >= 0.6 is 0 Å². The summed E-state index contributed by atoms with van der Waals surface area (Å²) in [6.07, 6.45) is 9.02. The largest absolute Gasteiger partial charge is 0.507 e. The van der Waals surface area contributed by atoms with E-state index in [1.54, 1.807) is 14.2 Å². The summed E-state index contributed by atoms with van der Waals surface area (Å²) in [6.45, 7) is 4.00. The number of phenolic OH excluding ortho intramolecular Hbond substituents is 1. The molecule has 0 aliphatic heterocycles. The summed E-state index contributed by atoms with van der Waals surface area (Å²) in [5, 5.41) is 10.8. The van der Waals surface area contributed by atoms with Crippen LogP contribution in [0.5, 0.6) is 17.2 Å². The standard InChI is InChI=1S/C22H26O3.C2H6/c1-24-19-13-15-8-4-6-10-17(15)21(22(19)25-2)20-16-9-5-3-7-14(16)11-12-18(20)23;1-2/h11-13,23H,3-10H2,1-2H3;1-2H3. The number of ether oxygens (including phenoxy) is 2. The van der Waals surface area contributed by atoms with Gasteiger partial charge in [0, 0.05) is 11.1 Å². The van der Waals surface area contributed by atoms with Crippen LogP contribution in [-0.4, -0.2) is 19.3 Å². The maximum absolute atomic E-state index is 10.8. The van der Waals surface area contributed by atoms with Gasteiger partial charge in [0.15, 0.2) is 11.5 Å². The summed E-state index contributed by atoms with van der Waals surface area (Å²) in [7, 11) is 3.39. The normalized spacial score (nSPS) is 15.1. The van der Waals surface area contributed by atoms with Crippen LogP contribution in [0.15, 0.2) is 18.2 Å². The van der Waals surface area contributed by atoms with Gasteiger partial charge >= 0.3 is 0 Å². The Morgan fingerprint density at radius 1 is 0.741 bits per heavy atom. The molecule has 2 aromatic carbocycles. The Morgan fingerprint density at radius 2 is 1.33 bits per heavy atom. The maximum Gasteiger partial charge on any atom is 0.168 e. The first-order valence-electron chi connectivity index (χ1n) is 10.4. The first-order chi connectivity index (χ1) is 13.2. The van der Waals surface area contributed by atoms with Crippen LogP contribution in [-0.2, 0) is 25.7 Å². The Morgan fingerprint density at radius 3 is 1.96 bits per heavy atom. The second kappa shape index (κ2) is 8.69. The van der Waals surface area contributed by atoms with E-state index in [-0.39, 0.29) is 0 Å². The summed E-state index contributed by atoms with van der Waals surface area (Å²) < 4.78 is 11.4. The quantitative estimate of drug-likeness (QED) is 0.737. The molecular weight excluding hydrogens is 336 g/mol. The number of aryl methyl sites for hydroxylation is 2. The molecule has 1 N–H and O–H groups in total. The molecule has 2 aromatic rings. The van der Waals surface area contributed by atoms with Crippen molar-refractivity contribution in [3.8, 4) is 28.4 Å². The van der Waals surface area contributed by atoms with Gasteiger partial charge in [-0.1, -0.05) is 19.9 Å². The van der Waals surface area contributed by atoms with E-state index in [4.69, 9.17) is 9.47 Å². The lowest BCUT2D eigenvalue weighted by atomic mass is 9.80. The average Bonchev–Trinajstić information content (AvgIpc) is 2.74.